The Morgan fingerprint density at radius 2 is 2.03 bits per heavy atom. The van der Waals surface area contributed by atoms with Crippen LogP contribution in [0.25, 0.3) is 22.6 Å². The summed E-state index contributed by atoms with van der Waals surface area (Å²) < 4.78 is 54.6. The van der Waals surface area contributed by atoms with E-state index in [1.54, 1.807) is 10.9 Å². The van der Waals surface area contributed by atoms with Crippen molar-refractivity contribution < 1.29 is 22.6 Å². The van der Waals surface area contributed by atoms with Gasteiger partial charge in [-0.05, 0) is 37.6 Å². The van der Waals surface area contributed by atoms with E-state index in [2.05, 4.69) is 4.98 Å². The molecule has 0 unspecified atom stereocenters. The van der Waals surface area contributed by atoms with Gasteiger partial charge in [-0.1, -0.05) is 0 Å². The average Bonchev–Trinajstić information content (AvgIpc) is 3.32. The van der Waals surface area contributed by atoms with Gasteiger partial charge in [-0.15, -0.1) is 0 Å². The van der Waals surface area contributed by atoms with Crippen LogP contribution in [0.4, 0.5) is 13.2 Å². The van der Waals surface area contributed by atoms with Gasteiger partial charge >= 0.3 is 6.18 Å². The first-order valence-electron chi connectivity index (χ1n) is 10.3. The van der Waals surface area contributed by atoms with E-state index in [1.807, 2.05) is 35.9 Å². The number of aromatic nitrogens is 4. The van der Waals surface area contributed by atoms with E-state index in [1.165, 1.54) is 19.2 Å². The van der Waals surface area contributed by atoms with Crippen LogP contribution < -0.4 is 4.74 Å². The minimum Gasteiger partial charge on any atom is -0.496 e. The SMILES string of the molecule is COc1cc(-n2nc(-c3ccc4nccn4c3)c3c2C[C@@H](C)OCC3)ccc1C(F)(F)F. The van der Waals surface area contributed by atoms with Gasteiger partial charge in [0.25, 0.3) is 0 Å². The van der Waals surface area contributed by atoms with E-state index in [-0.39, 0.29) is 11.9 Å². The topological polar surface area (TPSA) is 53.6 Å². The van der Waals surface area contributed by atoms with Crippen molar-refractivity contribution >= 4 is 5.65 Å². The summed E-state index contributed by atoms with van der Waals surface area (Å²) in [6, 6.07) is 7.72. The Hall–Kier alpha value is -3.33. The van der Waals surface area contributed by atoms with Crippen LogP contribution in [0.5, 0.6) is 5.75 Å². The van der Waals surface area contributed by atoms with Gasteiger partial charge in [0, 0.05) is 42.2 Å². The van der Waals surface area contributed by atoms with Crippen LogP contribution in [0, 0.1) is 0 Å². The molecule has 0 aliphatic carbocycles. The molecule has 1 atom stereocenters. The van der Waals surface area contributed by atoms with Crippen LogP contribution in [-0.4, -0.2) is 39.0 Å². The second kappa shape index (κ2) is 7.67. The van der Waals surface area contributed by atoms with Gasteiger partial charge in [0.2, 0.25) is 0 Å². The Kier molecular flexibility index (Phi) is 4.93. The van der Waals surface area contributed by atoms with Gasteiger partial charge in [-0.2, -0.15) is 18.3 Å². The van der Waals surface area contributed by atoms with E-state index >= 15 is 0 Å². The molecule has 6 nitrogen and oxygen atoms in total. The molecule has 1 aliphatic heterocycles. The molecule has 0 radical (unpaired) electrons. The van der Waals surface area contributed by atoms with Crippen molar-refractivity contribution in [1.29, 1.82) is 0 Å². The first-order valence-corrected chi connectivity index (χ1v) is 10.3. The summed E-state index contributed by atoms with van der Waals surface area (Å²) in [6.07, 6.45) is 2.26. The highest BCUT2D eigenvalue weighted by Crippen LogP contribution is 2.38. The van der Waals surface area contributed by atoms with Crippen molar-refractivity contribution in [2.45, 2.75) is 32.0 Å². The smallest absolute Gasteiger partial charge is 0.419 e. The van der Waals surface area contributed by atoms with Gasteiger partial charge in [-0.3, -0.25) is 0 Å². The van der Waals surface area contributed by atoms with Gasteiger partial charge < -0.3 is 13.9 Å². The fourth-order valence-corrected chi connectivity index (χ4v) is 4.20. The number of halogens is 3. The van der Waals surface area contributed by atoms with Crippen LogP contribution in [0.15, 0.2) is 48.9 Å². The summed E-state index contributed by atoms with van der Waals surface area (Å²) in [5.41, 5.74) is 4.17. The van der Waals surface area contributed by atoms with E-state index in [0.717, 1.165) is 34.2 Å². The molecule has 0 fully saturated rings. The minimum absolute atomic E-state index is 0.0352. The van der Waals surface area contributed by atoms with Crippen LogP contribution in [0.3, 0.4) is 0 Å². The third-order valence-corrected chi connectivity index (χ3v) is 5.72. The number of pyridine rings is 1. The third-order valence-electron chi connectivity index (χ3n) is 5.72. The maximum Gasteiger partial charge on any atom is 0.419 e. The van der Waals surface area contributed by atoms with Gasteiger partial charge in [0.1, 0.15) is 11.4 Å². The molecule has 1 aliphatic rings. The molecule has 3 aromatic heterocycles. The lowest BCUT2D eigenvalue weighted by Crippen LogP contribution is -2.14. The lowest BCUT2D eigenvalue weighted by molar-refractivity contribution is -0.138. The molecule has 0 spiro atoms. The normalized spacial score (nSPS) is 16.7. The molecule has 5 rings (SSSR count). The molecule has 32 heavy (non-hydrogen) atoms. The summed E-state index contributed by atoms with van der Waals surface area (Å²) in [5.74, 6) is -0.237. The number of hydrogen-bond donors (Lipinski definition) is 0. The Morgan fingerprint density at radius 3 is 2.81 bits per heavy atom. The van der Waals surface area contributed by atoms with Crippen LogP contribution in [0.1, 0.15) is 23.7 Å². The maximum atomic E-state index is 13.3. The number of imidazole rings is 1. The fourth-order valence-electron chi connectivity index (χ4n) is 4.20. The summed E-state index contributed by atoms with van der Waals surface area (Å²) >= 11 is 0. The summed E-state index contributed by atoms with van der Waals surface area (Å²) in [7, 11) is 1.24. The summed E-state index contributed by atoms with van der Waals surface area (Å²) in [6.45, 7) is 2.54. The van der Waals surface area contributed by atoms with Gasteiger partial charge in [0.15, 0.2) is 0 Å². The molecule has 0 saturated carbocycles. The van der Waals surface area contributed by atoms with Gasteiger partial charge in [-0.25, -0.2) is 9.67 Å². The Bertz CT molecular complexity index is 1290. The van der Waals surface area contributed by atoms with E-state index in [4.69, 9.17) is 14.6 Å². The summed E-state index contributed by atoms with van der Waals surface area (Å²) in [5, 5.41) is 4.86. The number of methoxy groups -OCH3 is 1. The fraction of sp³-hybridized carbons (Fsp3) is 0.304. The minimum atomic E-state index is -4.50. The highest BCUT2D eigenvalue weighted by atomic mass is 19.4. The van der Waals surface area contributed by atoms with Gasteiger partial charge in [0.05, 0.1) is 42.5 Å². The molecule has 1 aromatic carbocycles. The molecular weight excluding hydrogens is 421 g/mol. The monoisotopic (exact) mass is 442 g/mol. The number of alkyl halides is 3. The number of benzene rings is 1. The predicted octanol–water partition coefficient (Wildman–Crippen LogP) is 4.72. The van der Waals surface area contributed by atoms with Crippen molar-refractivity contribution in [3.05, 3.63) is 65.7 Å². The van der Waals surface area contributed by atoms with Crippen molar-refractivity contribution in [3.63, 3.8) is 0 Å². The van der Waals surface area contributed by atoms with Crippen molar-refractivity contribution in [2.24, 2.45) is 0 Å². The van der Waals surface area contributed by atoms with E-state index < -0.39 is 11.7 Å². The lowest BCUT2D eigenvalue weighted by Gasteiger charge is -2.15. The second-order valence-corrected chi connectivity index (χ2v) is 7.81. The maximum absolute atomic E-state index is 13.3. The largest absolute Gasteiger partial charge is 0.496 e. The number of rotatable bonds is 3. The highest BCUT2D eigenvalue weighted by molar-refractivity contribution is 5.66. The van der Waals surface area contributed by atoms with Crippen LogP contribution in [-0.2, 0) is 23.8 Å². The van der Waals surface area contributed by atoms with E-state index in [0.29, 0.717) is 25.1 Å². The highest BCUT2D eigenvalue weighted by Gasteiger charge is 2.35. The number of nitrogens with zero attached hydrogens (tertiary/aromatic N) is 4. The van der Waals surface area contributed by atoms with E-state index in [9.17, 15) is 13.2 Å². The second-order valence-electron chi connectivity index (χ2n) is 7.81. The molecular formula is C23H21F3N4O2. The number of ether oxygens (including phenoxy) is 2. The number of fused-ring (bicyclic) bond motifs is 2. The lowest BCUT2D eigenvalue weighted by atomic mass is 10.0. The molecule has 0 saturated heterocycles. The molecule has 9 heteroatoms. The quantitative estimate of drug-likeness (QED) is 0.461. The zero-order chi connectivity index (χ0) is 22.5. The predicted molar refractivity (Wildman–Crippen MR) is 112 cm³/mol. The zero-order valence-corrected chi connectivity index (χ0v) is 17.6. The Balaban J connectivity index is 1.69. The molecule has 4 aromatic rings. The molecule has 166 valence electrons. The van der Waals surface area contributed by atoms with Crippen LogP contribution in [0.2, 0.25) is 0 Å². The third kappa shape index (κ3) is 3.52. The molecule has 0 N–H and O–H groups in total. The van der Waals surface area contributed by atoms with Crippen molar-refractivity contribution in [1.82, 2.24) is 19.2 Å². The zero-order valence-electron chi connectivity index (χ0n) is 17.6. The molecule has 0 bridgehead atoms. The molecule has 0 amide bonds. The van der Waals surface area contributed by atoms with Crippen LogP contribution >= 0.6 is 0 Å². The number of hydrogen-bond acceptors (Lipinski definition) is 4. The van der Waals surface area contributed by atoms with Crippen molar-refractivity contribution in [3.8, 4) is 22.7 Å². The first kappa shape index (κ1) is 20.6. The first-order chi connectivity index (χ1) is 15.3. The van der Waals surface area contributed by atoms with Crippen molar-refractivity contribution in [2.75, 3.05) is 13.7 Å². The Labute approximate surface area is 182 Å². The average molecular weight is 442 g/mol. The molecule has 4 heterocycles. The summed E-state index contributed by atoms with van der Waals surface area (Å²) in [4.78, 5) is 4.28. The standard InChI is InChI=1S/C23H21F3N4O2/c1-14-11-19-17(7-10-32-14)22(15-3-6-21-27-8-9-29(21)13-15)28-30(19)16-4-5-18(23(24,25)26)20(12-16)31-2/h3-6,8-9,12-14H,7,10-11H2,1-2H3/t14-/m1/s1. The Morgan fingerprint density at radius 1 is 1.19 bits per heavy atom.